The zero-order chi connectivity index (χ0) is 30.4. The Morgan fingerprint density at radius 3 is 2.10 bits per heavy atom. The lowest BCUT2D eigenvalue weighted by atomic mass is 9.96. The van der Waals surface area contributed by atoms with Crippen LogP contribution < -0.4 is 10.4 Å². The molecule has 234 valence electrons. The maximum Gasteiger partial charge on any atom is 0.308 e. The molecule has 1 N–H and O–H groups in total. The first-order valence-corrected chi connectivity index (χ1v) is 18.0. The van der Waals surface area contributed by atoms with Gasteiger partial charge in [-0.25, -0.2) is 0 Å². The number of carbonyl (C=O) groups excluding carboxylic acids is 1. The van der Waals surface area contributed by atoms with E-state index in [0.29, 0.717) is 19.6 Å². The van der Waals surface area contributed by atoms with Gasteiger partial charge in [0.1, 0.15) is 0 Å². The van der Waals surface area contributed by atoms with Gasteiger partial charge in [-0.05, 0) is 60.9 Å². The van der Waals surface area contributed by atoms with Crippen LogP contribution in [-0.4, -0.2) is 63.6 Å². The van der Waals surface area contributed by atoms with Crippen LogP contribution in [0.4, 0.5) is 0 Å². The van der Waals surface area contributed by atoms with E-state index in [9.17, 15) is 9.90 Å². The van der Waals surface area contributed by atoms with Crippen molar-refractivity contribution in [3.63, 3.8) is 0 Å². The van der Waals surface area contributed by atoms with Gasteiger partial charge in [0.05, 0.1) is 37.4 Å². The summed E-state index contributed by atoms with van der Waals surface area (Å²) in [5.41, 5.74) is 0. The third-order valence-corrected chi connectivity index (χ3v) is 13.3. The summed E-state index contributed by atoms with van der Waals surface area (Å²) in [5, 5.41) is 12.9. The van der Waals surface area contributed by atoms with Crippen molar-refractivity contribution in [2.24, 2.45) is 0 Å². The van der Waals surface area contributed by atoms with Crippen molar-refractivity contribution in [3.05, 3.63) is 60.7 Å². The van der Waals surface area contributed by atoms with Crippen molar-refractivity contribution >= 4 is 24.7 Å². The highest BCUT2D eigenvalue weighted by molar-refractivity contribution is 6.99. The molecule has 3 rings (SSSR count). The highest BCUT2D eigenvalue weighted by Gasteiger charge is 2.51. The Balaban J connectivity index is 1.84. The average Bonchev–Trinajstić information content (AvgIpc) is 2.96. The fourth-order valence-corrected chi connectivity index (χ4v) is 10.9. The first-order valence-electron chi connectivity index (χ1n) is 16.0. The van der Waals surface area contributed by atoms with Crippen LogP contribution in [0.25, 0.3) is 0 Å². The zero-order valence-corrected chi connectivity index (χ0v) is 27.6. The third kappa shape index (κ3) is 10.0. The first kappa shape index (κ1) is 34.5. The summed E-state index contributed by atoms with van der Waals surface area (Å²) in [6.07, 6.45) is 6.19. The summed E-state index contributed by atoms with van der Waals surface area (Å²) in [5.74, 6) is -0.362. The van der Waals surface area contributed by atoms with Crippen molar-refractivity contribution in [2.75, 3.05) is 19.8 Å². The molecular formula is C35H54O6Si. The van der Waals surface area contributed by atoms with E-state index < -0.39 is 14.4 Å². The summed E-state index contributed by atoms with van der Waals surface area (Å²) in [6.45, 7) is 12.6. The van der Waals surface area contributed by atoms with Crippen molar-refractivity contribution in [1.29, 1.82) is 0 Å². The van der Waals surface area contributed by atoms with E-state index in [-0.39, 0.29) is 35.7 Å². The van der Waals surface area contributed by atoms with Gasteiger partial charge in [-0.3, -0.25) is 4.79 Å². The van der Waals surface area contributed by atoms with Crippen LogP contribution in [0, 0.1) is 0 Å². The van der Waals surface area contributed by atoms with Gasteiger partial charge in [0, 0.05) is 19.6 Å². The summed E-state index contributed by atoms with van der Waals surface area (Å²) >= 11 is 0. The van der Waals surface area contributed by atoms with Crippen molar-refractivity contribution in [1.82, 2.24) is 0 Å². The molecule has 0 amide bonds. The molecule has 0 aromatic heterocycles. The number of ether oxygens (including phenoxy) is 3. The molecule has 1 heterocycles. The quantitative estimate of drug-likeness (QED) is 0.133. The van der Waals surface area contributed by atoms with Crippen LogP contribution in [0.5, 0.6) is 0 Å². The van der Waals surface area contributed by atoms with Crippen molar-refractivity contribution in [3.8, 4) is 0 Å². The van der Waals surface area contributed by atoms with Crippen LogP contribution >= 0.6 is 0 Å². The Bertz CT molecular complexity index is 985. The molecule has 1 aliphatic heterocycles. The summed E-state index contributed by atoms with van der Waals surface area (Å²) < 4.78 is 25.2. The SMILES string of the molecule is CCCCOCC[C@@H](C[C@@H]1CCC[C@H](C[C@@H](O)CC(=O)OCC)O1)O[Si](c1ccccc1)(c1ccccc1)C(C)(C)C. The molecule has 0 bridgehead atoms. The minimum absolute atomic E-state index is 0.00700. The number of hydrogen-bond acceptors (Lipinski definition) is 6. The monoisotopic (exact) mass is 598 g/mol. The standard InChI is InChI=1S/C35H54O6Si/c1-6-8-23-38-24-22-31(27-30-17-15-16-29(40-30)25-28(36)26-34(37)39-7-2)41-42(35(3,4)5,32-18-11-9-12-19-32)33-20-13-10-14-21-33/h9-14,18-21,28-31,36H,6-8,15-17,22-27H2,1-5H3/t28-,29-,30+,31+/m1/s1. The third-order valence-electron chi connectivity index (χ3n) is 8.19. The summed E-state index contributed by atoms with van der Waals surface area (Å²) in [4.78, 5) is 11.9. The Morgan fingerprint density at radius 2 is 1.55 bits per heavy atom. The van der Waals surface area contributed by atoms with E-state index in [1.807, 2.05) is 0 Å². The van der Waals surface area contributed by atoms with Crippen LogP contribution in [0.2, 0.25) is 5.04 Å². The predicted molar refractivity (Wildman–Crippen MR) is 172 cm³/mol. The van der Waals surface area contributed by atoms with E-state index >= 15 is 0 Å². The molecule has 42 heavy (non-hydrogen) atoms. The second-order valence-corrected chi connectivity index (χ2v) is 16.9. The number of benzene rings is 2. The summed E-state index contributed by atoms with van der Waals surface area (Å²) in [7, 11) is -2.74. The highest BCUT2D eigenvalue weighted by atomic mass is 28.4. The Labute approximate surface area is 255 Å². The lowest BCUT2D eigenvalue weighted by molar-refractivity contribution is -0.146. The molecule has 0 radical (unpaired) electrons. The smallest absolute Gasteiger partial charge is 0.308 e. The van der Waals surface area contributed by atoms with E-state index in [2.05, 4.69) is 88.4 Å². The van der Waals surface area contributed by atoms with Gasteiger partial charge in [0.2, 0.25) is 0 Å². The van der Waals surface area contributed by atoms with Crippen LogP contribution in [0.1, 0.15) is 92.4 Å². The zero-order valence-electron chi connectivity index (χ0n) is 26.6. The average molecular weight is 599 g/mol. The second-order valence-electron chi connectivity index (χ2n) is 12.6. The number of aliphatic hydroxyl groups is 1. The molecule has 7 heteroatoms. The molecule has 2 aromatic rings. The van der Waals surface area contributed by atoms with Gasteiger partial charge in [-0.2, -0.15) is 0 Å². The topological polar surface area (TPSA) is 74.2 Å². The molecular weight excluding hydrogens is 544 g/mol. The van der Waals surface area contributed by atoms with E-state index in [0.717, 1.165) is 51.6 Å². The fourth-order valence-electron chi connectivity index (χ4n) is 6.15. The Morgan fingerprint density at radius 1 is 0.952 bits per heavy atom. The minimum atomic E-state index is -2.74. The maximum absolute atomic E-state index is 11.9. The van der Waals surface area contributed by atoms with Gasteiger partial charge >= 0.3 is 5.97 Å². The van der Waals surface area contributed by atoms with Gasteiger partial charge in [-0.1, -0.05) is 94.8 Å². The molecule has 4 atom stereocenters. The molecule has 0 unspecified atom stereocenters. The molecule has 1 aliphatic rings. The fraction of sp³-hybridized carbons (Fsp3) is 0.629. The number of carbonyl (C=O) groups is 1. The molecule has 2 aromatic carbocycles. The molecule has 0 aliphatic carbocycles. The van der Waals surface area contributed by atoms with E-state index in [1.165, 1.54) is 10.4 Å². The minimum Gasteiger partial charge on any atom is -0.466 e. The number of aliphatic hydroxyl groups excluding tert-OH is 1. The first-order chi connectivity index (χ1) is 20.2. The molecule has 6 nitrogen and oxygen atoms in total. The largest absolute Gasteiger partial charge is 0.466 e. The van der Waals surface area contributed by atoms with Gasteiger partial charge < -0.3 is 23.7 Å². The lowest BCUT2D eigenvalue weighted by Crippen LogP contribution is -2.68. The van der Waals surface area contributed by atoms with Gasteiger partial charge in [0.15, 0.2) is 0 Å². The van der Waals surface area contributed by atoms with E-state index in [4.69, 9.17) is 18.6 Å². The summed E-state index contributed by atoms with van der Waals surface area (Å²) in [6, 6.07) is 21.6. The number of hydrogen-bond donors (Lipinski definition) is 1. The van der Waals surface area contributed by atoms with Gasteiger partial charge in [-0.15, -0.1) is 0 Å². The second kappa shape index (κ2) is 17.3. The normalized spacial score (nSPS) is 19.3. The van der Waals surface area contributed by atoms with Crippen LogP contribution in [0.3, 0.4) is 0 Å². The molecule has 1 saturated heterocycles. The van der Waals surface area contributed by atoms with Crippen molar-refractivity contribution in [2.45, 2.75) is 122 Å². The van der Waals surface area contributed by atoms with E-state index in [1.54, 1.807) is 6.92 Å². The lowest BCUT2D eigenvalue weighted by Gasteiger charge is -2.46. The highest BCUT2D eigenvalue weighted by Crippen LogP contribution is 2.39. The Hall–Kier alpha value is -2.03. The number of esters is 1. The Kier molecular flexibility index (Phi) is 14.2. The molecule has 1 fully saturated rings. The van der Waals surface area contributed by atoms with Gasteiger partial charge in [0.25, 0.3) is 8.32 Å². The number of rotatable bonds is 17. The number of unbranched alkanes of at least 4 members (excludes halogenated alkanes) is 1. The van der Waals surface area contributed by atoms with Crippen LogP contribution in [-0.2, 0) is 23.4 Å². The predicted octanol–water partition coefficient (Wildman–Crippen LogP) is 6.17. The maximum atomic E-state index is 11.9. The molecule has 0 saturated carbocycles. The molecule has 0 spiro atoms. The van der Waals surface area contributed by atoms with Crippen molar-refractivity contribution < 1.29 is 28.5 Å². The van der Waals surface area contributed by atoms with Crippen LogP contribution in [0.15, 0.2) is 60.7 Å².